The van der Waals surface area contributed by atoms with Crippen LogP contribution in [0.25, 0.3) is 0 Å². The summed E-state index contributed by atoms with van der Waals surface area (Å²) in [6, 6.07) is 7.84. The van der Waals surface area contributed by atoms with Crippen LogP contribution in [0, 0.1) is 11.3 Å². The number of piperidine rings is 1. The molecule has 1 aromatic carbocycles. The fourth-order valence-electron chi connectivity index (χ4n) is 4.19. The molecule has 1 aliphatic heterocycles. The Kier molecular flexibility index (Phi) is 7.16. The Morgan fingerprint density at radius 2 is 1.82 bits per heavy atom. The molecule has 3 rings (SSSR count). The first-order valence-corrected chi connectivity index (χ1v) is 9.93. The van der Waals surface area contributed by atoms with Gasteiger partial charge in [0.2, 0.25) is 5.91 Å². The summed E-state index contributed by atoms with van der Waals surface area (Å²) in [5.41, 5.74) is 2.42. The smallest absolute Gasteiger partial charge is 0.307 e. The van der Waals surface area contributed by atoms with E-state index < -0.39 is 0 Å². The summed E-state index contributed by atoms with van der Waals surface area (Å²) in [6.45, 7) is 8.48. The molecule has 2 aliphatic rings. The van der Waals surface area contributed by atoms with Crippen molar-refractivity contribution in [3.8, 4) is 0 Å². The Balaban J connectivity index is 0.00000280. The number of methoxy groups -OCH3 is 1. The summed E-state index contributed by atoms with van der Waals surface area (Å²) in [4.78, 5) is 24.8. The van der Waals surface area contributed by atoms with Gasteiger partial charge in [0, 0.05) is 5.92 Å². The minimum absolute atomic E-state index is 0. The summed E-state index contributed by atoms with van der Waals surface area (Å²) in [5, 5.41) is 6.49. The van der Waals surface area contributed by atoms with Crippen LogP contribution in [0.3, 0.4) is 0 Å². The first-order valence-electron chi connectivity index (χ1n) is 9.93. The molecule has 2 atom stereocenters. The van der Waals surface area contributed by atoms with Gasteiger partial charge >= 0.3 is 5.97 Å². The third-order valence-corrected chi connectivity index (χ3v) is 6.20. The fraction of sp³-hybridized carbons (Fsp3) is 0.636. The molecule has 0 aromatic heterocycles. The molecule has 2 fully saturated rings. The first-order chi connectivity index (χ1) is 12.7. The number of halogens is 1. The number of carbonyl (C=O) groups is 2. The van der Waals surface area contributed by atoms with Crippen LogP contribution in [-0.4, -0.2) is 32.1 Å². The number of esters is 1. The van der Waals surface area contributed by atoms with Crippen molar-refractivity contribution in [3.63, 3.8) is 0 Å². The first kappa shape index (κ1) is 22.7. The molecule has 1 spiro atoms. The standard InChI is InChI=1S/C22H32N2O3.ClH/c1-21(2,3)16-7-5-15(6-8-16)18(13-19(25)27-4)24-20(26)17-14-22(17)9-11-23-12-10-22;/h5-8,17-18,23H,9-14H2,1-4H3,(H,24,26);1H. The lowest BCUT2D eigenvalue weighted by Gasteiger charge is -2.25. The Morgan fingerprint density at radius 3 is 2.36 bits per heavy atom. The molecule has 156 valence electrons. The van der Waals surface area contributed by atoms with Crippen LogP contribution in [0.15, 0.2) is 24.3 Å². The van der Waals surface area contributed by atoms with Crippen LogP contribution in [0.5, 0.6) is 0 Å². The Morgan fingerprint density at radius 1 is 1.21 bits per heavy atom. The van der Waals surface area contributed by atoms with Gasteiger partial charge in [0.1, 0.15) is 0 Å². The van der Waals surface area contributed by atoms with E-state index >= 15 is 0 Å². The minimum Gasteiger partial charge on any atom is -0.469 e. The Labute approximate surface area is 174 Å². The topological polar surface area (TPSA) is 67.4 Å². The van der Waals surface area contributed by atoms with Crippen molar-refractivity contribution in [2.24, 2.45) is 11.3 Å². The van der Waals surface area contributed by atoms with Gasteiger partial charge in [-0.25, -0.2) is 0 Å². The molecule has 2 N–H and O–H groups in total. The van der Waals surface area contributed by atoms with Gasteiger partial charge in [0.15, 0.2) is 0 Å². The molecule has 6 heteroatoms. The van der Waals surface area contributed by atoms with E-state index in [-0.39, 0.29) is 53.5 Å². The molecule has 2 unspecified atom stereocenters. The zero-order valence-electron chi connectivity index (χ0n) is 17.3. The molecular weight excluding hydrogens is 376 g/mol. The summed E-state index contributed by atoms with van der Waals surface area (Å²) in [7, 11) is 1.38. The quantitative estimate of drug-likeness (QED) is 0.731. The zero-order valence-corrected chi connectivity index (χ0v) is 18.2. The van der Waals surface area contributed by atoms with Crippen LogP contribution in [-0.2, 0) is 19.7 Å². The van der Waals surface area contributed by atoms with Crippen molar-refractivity contribution in [3.05, 3.63) is 35.4 Å². The largest absolute Gasteiger partial charge is 0.469 e. The van der Waals surface area contributed by atoms with E-state index in [9.17, 15) is 9.59 Å². The van der Waals surface area contributed by atoms with Gasteiger partial charge in [-0.15, -0.1) is 12.4 Å². The van der Waals surface area contributed by atoms with E-state index in [4.69, 9.17) is 4.74 Å². The summed E-state index contributed by atoms with van der Waals surface area (Å²) in [5.74, 6) is -0.160. The number of benzene rings is 1. The highest BCUT2D eigenvalue weighted by Gasteiger charge is 2.57. The van der Waals surface area contributed by atoms with Crippen molar-refractivity contribution in [2.45, 2.75) is 57.9 Å². The van der Waals surface area contributed by atoms with Crippen LogP contribution in [0.2, 0.25) is 0 Å². The van der Waals surface area contributed by atoms with Gasteiger partial charge in [-0.2, -0.15) is 0 Å². The van der Waals surface area contributed by atoms with Crippen molar-refractivity contribution < 1.29 is 14.3 Å². The van der Waals surface area contributed by atoms with Crippen molar-refractivity contribution in [1.82, 2.24) is 10.6 Å². The Hall–Kier alpha value is -1.59. The highest BCUT2D eigenvalue weighted by atomic mass is 35.5. The third-order valence-electron chi connectivity index (χ3n) is 6.20. The van der Waals surface area contributed by atoms with Gasteiger partial charge in [-0.3, -0.25) is 9.59 Å². The highest BCUT2D eigenvalue weighted by Crippen LogP contribution is 2.58. The average Bonchev–Trinajstić information content (AvgIpc) is 3.34. The van der Waals surface area contributed by atoms with Crippen LogP contribution < -0.4 is 10.6 Å². The number of hydrogen-bond donors (Lipinski definition) is 2. The third kappa shape index (κ3) is 5.06. The molecule has 28 heavy (non-hydrogen) atoms. The molecule has 1 heterocycles. The number of carbonyl (C=O) groups excluding carboxylic acids is 2. The summed E-state index contributed by atoms with van der Waals surface area (Å²) >= 11 is 0. The van der Waals surface area contributed by atoms with Gasteiger partial charge in [0.05, 0.1) is 19.6 Å². The number of rotatable bonds is 5. The van der Waals surface area contributed by atoms with E-state index in [0.717, 1.165) is 37.9 Å². The number of hydrogen-bond acceptors (Lipinski definition) is 4. The second-order valence-electron chi connectivity index (χ2n) is 9.08. The Bertz CT molecular complexity index is 691. The average molecular weight is 409 g/mol. The number of amides is 1. The van der Waals surface area contributed by atoms with Crippen molar-refractivity contribution >= 4 is 24.3 Å². The fourth-order valence-corrected chi connectivity index (χ4v) is 4.19. The molecular formula is C22H33ClN2O3. The molecule has 0 radical (unpaired) electrons. The van der Waals surface area contributed by atoms with Crippen LogP contribution in [0.1, 0.15) is 63.6 Å². The van der Waals surface area contributed by atoms with Gasteiger partial charge in [0.25, 0.3) is 0 Å². The van der Waals surface area contributed by atoms with Crippen molar-refractivity contribution in [2.75, 3.05) is 20.2 Å². The predicted molar refractivity (Wildman–Crippen MR) is 113 cm³/mol. The SMILES string of the molecule is COC(=O)CC(NC(=O)C1CC12CCNCC2)c1ccc(C(C)(C)C)cc1.Cl. The van der Waals surface area contributed by atoms with Crippen molar-refractivity contribution in [1.29, 1.82) is 0 Å². The van der Waals surface area contributed by atoms with E-state index in [1.807, 2.05) is 12.1 Å². The lowest BCUT2D eigenvalue weighted by Crippen LogP contribution is -2.36. The number of ether oxygens (including phenoxy) is 1. The number of nitrogens with one attached hydrogen (secondary N) is 2. The zero-order chi connectivity index (χ0) is 19.7. The minimum atomic E-state index is -0.349. The van der Waals surface area contributed by atoms with E-state index in [2.05, 4.69) is 43.5 Å². The molecule has 1 saturated carbocycles. The second-order valence-corrected chi connectivity index (χ2v) is 9.08. The van der Waals surface area contributed by atoms with Crippen LogP contribution >= 0.6 is 12.4 Å². The maximum atomic E-state index is 12.9. The normalized spacial score (nSPS) is 21.4. The van der Waals surface area contributed by atoms with Gasteiger partial charge in [-0.1, -0.05) is 45.0 Å². The molecule has 0 bridgehead atoms. The van der Waals surface area contributed by atoms with E-state index in [0.29, 0.717) is 0 Å². The van der Waals surface area contributed by atoms with E-state index in [1.165, 1.54) is 12.7 Å². The van der Waals surface area contributed by atoms with Gasteiger partial charge < -0.3 is 15.4 Å². The molecule has 1 aliphatic carbocycles. The molecule has 1 saturated heterocycles. The maximum absolute atomic E-state index is 12.9. The monoisotopic (exact) mass is 408 g/mol. The lowest BCUT2D eigenvalue weighted by atomic mass is 9.86. The van der Waals surface area contributed by atoms with Gasteiger partial charge in [-0.05, 0) is 54.3 Å². The molecule has 1 amide bonds. The molecule has 1 aromatic rings. The van der Waals surface area contributed by atoms with Crippen LogP contribution in [0.4, 0.5) is 0 Å². The second kappa shape index (κ2) is 8.83. The predicted octanol–water partition coefficient (Wildman–Crippen LogP) is 3.52. The highest BCUT2D eigenvalue weighted by molar-refractivity contribution is 5.85. The molecule has 5 nitrogen and oxygen atoms in total. The summed E-state index contributed by atoms with van der Waals surface area (Å²) in [6.07, 6.45) is 3.24. The lowest BCUT2D eigenvalue weighted by molar-refractivity contribution is -0.141. The van der Waals surface area contributed by atoms with E-state index in [1.54, 1.807) is 0 Å². The maximum Gasteiger partial charge on any atom is 0.307 e. The summed E-state index contributed by atoms with van der Waals surface area (Å²) < 4.78 is 4.85.